The van der Waals surface area contributed by atoms with E-state index >= 15 is 0 Å². The summed E-state index contributed by atoms with van der Waals surface area (Å²) in [6, 6.07) is 7.16. The Morgan fingerprint density at radius 2 is 1.92 bits per heavy atom. The minimum absolute atomic E-state index is 0.0133. The Kier molecular flexibility index (Phi) is 5.16. The molecule has 1 aromatic carbocycles. The molecule has 0 spiro atoms. The highest BCUT2D eigenvalue weighted by Crippen LogP contribution is 2.40. The monoisotopic (exact) mass is 365 g/mol. The molecule has 1 unspecified atom stereocenters. The third-order valence-corrected chi connectivity index (χ3v) is 5.59. The number of allylic oxidation sites excluding steroid dienone is 4. The van der Waals surface area contributed by atoms with Crippen molar-refractivity contribution in [3.8, 4) is 0 Å². The van der Waals surface area contributed by atoms with Gasteiger partial charge in [-0.05, 0) is 55.7 Å². The van der Waals surface area contributed by atoms with Crippen LogP contribution in [0.2, 0.25) is 5.02 Å². The number of carbonyl (C=O) groups is 1. The van der Waals surface area contributed by atoms with Crippen molar-refractivity contribution < 1.29 is 9.90 Å². The Labute approximate surface area is 152 Å². The molecule has 5 heteroatoms. The molecular weight excluding hydrogens is 345 g/mol. The van der Waals surface area contributed by atoms with Crippen LogP contribution < -0.4 is 0 Å². The zero-order valence-electron chi connectivity index (χ0n) is 13.6. The lowest BCUT2D eigenvalue weighted by atomic mass is 9.72. The van der Waals surface area contributed by atoms with Crippen LogP contribution in [-0.4, -0.2) is 35.9 Å². The summed E-state index contributed by atoms with van der Waals surface area (Å²) in [6.07, 6.45) is 5.41. The van der Waals surface area contributed by atoms with Crippen LogP contribution in [0.4, 0.5) is 0 Å². The molecule has 1 aromatic rings. The predicted octanol–water partition coefficient (Wildman–Crippen LogP) is 3.89. The number of carbonyl (C=O) groups excluding carboxylic acids is 1. The molecule has 3 nitrogen and oxygen atoms in total. The van der Waals surface area contributed by atoms with E-state index < -0.39 is 11.5 Å². The van der Waals surface area contributed by atoms with Gasteiger partial charge in [0, 0.05) is 23.1 Å². The first-order valence-corrected chi connectivity index (χ1v) is 8.92. The summed E-state index contributed by atoms with van der Waals surface area (Å²) in [4.78, 5) is 15.2. The number of benzene rings is 1. The van der Waals surface area contributed by atoms with E-state index in [1.807, 2.05) is 19.2 Å². The normalized spacial score (nSPS) is 28.2. The molecule has 1 aliphatic heterocycles. The number of Topliss-reactive ketones (excluding diaryl/α,β-unsaturated/α-hetero) is 1. The molecule has 1 fully saturated rings. The predicted molar refractivity (Wildman–Crippen MR) is 97.2 cm³/mol. The van der Waals surface area contributed by atoms with E-state index in [4.69, 9.17) is 23.2 Å². The van der Waals surface area contributed by atoms with E-state index in [-0.39, 0.29) is 5.78 Å². The Morgan fingerprint density at radius 3 is 2.54 bits per heavy atom. The van der Waals surface area contributed by atoms with Crippen LogP contribution >= 0.6 is 23.2 Å². The Hall–Kier alpha value is -1.13. The van der Waals surface area contributed by atoms with Crippen LogP contribution in [0, 0.1) is 5.92 Å². The summed E-state index contributed by atoms with van der Waals surface area (Å²) in [5, 5.41) is 12.8. The number of hydrogen-bond acceptors (Lipinski definition) is 3. The minimum atomic E-state index is -1.17. The van der Waals surface area contributed by atoms with Crippen LogP contribution in [0.15, 0.2) is 47.0 Å². The van der Waals surface area contributed by atoms with E-state index in [2.05, 4.69) is 4.90 Å². The highest BCUT2D eigenvalue weighted by molar-refractivity contribution is 6.30. The lowest BCUT2D eigenvalue weighted by molar-refractivity contribution is -0.137. The van der Waals surface area contributed by atoms with Gasteiger partial charge >= 0.3 is 0 Å². The van der Waals surface area contributed by atoms with E-state index in [1.54, 1.807) is 24.3 Å². The van der Waals surface area contributed by atoms with Crippen LogP contribution in [0.5, 0.6) is 0 Å². The number of aliphatic hydroxyl groups is 1. The summed E-state index contributed by atoms with van der Waals surface area (Å²) in [7, 11) is 1.98. The van der Waals surface area contributed by atoms with Gasteiger partial charge in [-0.3, -0.25) is 4.79 Å². The van der Waals surface area contributed by atoms with Crippen LogP contribution in [-0.2, 0) is 10.4 Å². The molecule has 2 aliphatic rings. The highest BCUT2D eigenvalue weighted by atomic mass is 35.5. The second-order valence-electron chi connectivity index (χ2n) is 6.67. The smallest absolute Gasteiger partial charge is 0.166 e. The van der Waals surface area contributed by atoms with E-state index in [1.165, 1.54) is 0 Å². The number of rotatable bonds is 3. The second kappa shape index (κ2) is 7.01. The van der Waals surface area contributed by atoms with Gasteiger partial charge in [0.15, 0.2) is 5.78 Å². The minimum Gasteiger partial charge on any atom is -0.384 e. The number of halogens is 2. The van der Waals surface area contributed by atoms with Crippen LogP contribution in [0.1, 0.15) is 24.8 Å². The summed E-state index contributed by atoms with van der Waals surface area (Å²) in [5.41, 5.74) is 0.329. The maximum Gasteiger partial charge on any atom is 0.166 e. The molecule has 0 amide bonds. The summed E-state index contributed by atoms with van der Waals surface area (Å²) in [5.74, 6) is -0.478. The van der Waals surface area contributed by atoms with E-state index in [9.17, 15) is 9.90 Å². The van der Waals surface area contributed by atoms with Gasteiger partial charge in [0.25, 0.3) is 0 Å². The number of piperidine rings is 1. The van der Waals surface area contributed by atoms with Crippen molar-refractivity contribution in [2.75, 3.05) is 20.1 Å². The van der Waals surface area contributed by atoms with Crippen molar-refractivity contribution in [2.45, 2.75) is 24.9 Å². The molecule has 24 heavy (non-hydrogen) atoms. The fourth-order valence-electron chi connectivity index (χ4n) is 3.51. The van der Waals surface area contributed by atoms with E-state index in [0.29, 0.717) is 30.8 Å². The van der Waals surface area contributed by atoms with Gasteiger partial charge < -0.3 is 10.0 Å². The summed E-state index contributed by atoms with van der Waals surface area (Å²) < 4.78 is 0. The summed E-state index contributed by atoms with van der Waals surface area (Å²) in [6.45, 7) is 1.28. The Balaban J connectivity index is 1.95. The van der Waals surface area contributed by atoms with Gasteiger partial charge in [-0.2, -0.15) is 0 Å². The largest absolute Gasteiger partial charge is 0.384 e. The standard InChI is InChI=1S/C19H21Cl2NO2/c1-22-11-10-19(24,14-4-8-16(21)9-5-14)17(12-22)18(23)13-2-6-15(20)7-3-13/h2,4-6,8-9,17,24H,3,7,10-12H2,1H3/t17?,19-/m0/s1. The number of ketones is 1. The second-order valence-corrected chi connectivity index (χ2v) is 7.59. The molecule has 0 bridgehead atoms. The molecule has 3 rings (SSSR count). The van der Waals surface area contributed by atoms with Gasteiger partial charge in [0.05, 0.1) is 5.92 Å². The zero-order chi connectivity index (χ0) is 17.3. The molecular formula is C19H21Cl2NO2. The van der Waals surface area contributed by atoms with Crippen molar-refractivity contribution in [2.24, 2.45) is 5.92 Å². The first kappa shape index (κ1) is 17.7. The molecule has 2 atom stereocenters. The molecule has 128 valence electrons. The van der Waals surface area contributed by atoms with Gasteiger partial charge in [-0.1, -0.05) is 41.4 Å². The maximum atomic E-state index is 13.1. The molecule has 1 N–H and O–H groups in total. The first-order chi connectivity index (χ1) is 11.4. The molecule has 1 heterocycles. The third kappa shape index (κ3) is 3.45. The topological polar surface area (TPSA) is 40.5 Å². The Morgan fingerprint density at radius 1 is 1.21 bits per heavy atom. The van der Waals surface area contributed by atoms with Crippen molar-refractivity contribution in [3.63, 3.8) is 0 Å². The van der Waals surface area contributed by atoms with Crippen LogP contribution in [0.3, 0.4) is 0 Å². The van der Waals surface area contributed by atoms with E-state index in [0.717, 1.165) is 22.7 Å². The fourth-order valence-corrected chi connectivity index (χ4v) is 3.80. The molecule has 1 saturated heterocycles. The van der Waals surface area contributed by atoms with Crippen molar-refractivity contribution >= 4 is 29.0 Å². The SMILES string of the molecule is CN1CC[C@](O)(c2ccc(Cl)cc2)C(C(=O)C2=CC=C(Cl)CC2)C1. The maximum absolute atomic E-state index is 13.1. The first-order valence-electron chi connectivity index (χ1n) is 8.16. The van der Waals surface area contributed by atoms with Crippen molar-refractivity contribution in [3.05, 3.63) is 57.6 Å². The average Bonchev–Trinajstić information content (AvgIpc) is 2.58. The average molecular weight is 366 g/mol. The van der Waals surface area contributed by atoms with Gasteiger partial charge in [0.2, 0.25) is 0 Å². The van der Waals surface area contributed by atoms with Crippen LogP contribution in [0.25, 0.3) is 0 Å². The van der Waals surface area contributed by atoms with Crippen molar-refractivity contribution in [1.29, 1.82) is 0 Å². The molecule has 0 radical (unpaired) electrons. The van der Waals surface area contributed by atoms with Crippen molar-refractivity contribution in [1.82, 2.24) is 4.90 Å². The lowest BCUT2D eigenvalue weighted by Gasteiger charge is -2.43. The van der Waals surface area contributed by atoms with Gasteiger partial charge in [-0.15, -0.1) is 0 Å². The number of nitrogens with zero attached hydrogens (tertiary/aromatic N) is 1. The lowest BCUT2D eigenvalue weighted by Crippen LogP contribution is -2.52. The van der Waals surface area contributed by atoms with Gasteiger partial charge in [0.1, 0.15) is 5.60 Å². The summed E-state index contributed by atoms with van der Waals surface area (Å²) >= 11 is 12.0. The number of hydrogen-bond donors (Lipinski definition) is 1. The number of likely N-dealkylation sites (tertiary alicyclic amines) is 1. The highest BCUT2D eigenvalue weighted by Gasteiger charge is 2.46. The fraction of sp³-hybridized carbons (Fsp3) is 0.421. The Bertz CT molecular complexity index is 696. The molecule has 0 aromatic heterocycles. The molecule has 0 saturated carbocycles. The third-order valence-electron chi connectivity index (χ3n) is 5.02. The quantitative estimate of drug-likeness (QED) is 0.882. The zero-order valence-corrected chi connectivity index (χ0v) is 15.1. The molecule has 1 aliphatic carbocycles. The van der Waals surface area contributed by atoms with Gasteiger partial charge in [-0.25, -0.2) is 0 Å².